The second-order valence-corrected chi connectivity index (χ2v) is 9.71. The molecule has 9 nitrogen and oxygen atoms in total. The number of thiocarbonyl (C=S) groups is 2. The second kappa shape index (κ2) is 13.7. The molecule has 0 atom stereocenters. The number of H-pyrrole nitrogens is 1. The van der Waals surface area contributed by atoms with Crippen LogP contribution in [-0.2, 0) is 12.8 Å². The number of hydrogen-bond donors (Lipinski definition) is 3. The number of ether oxygens (including phenoxy) is 2. The lowest BCUT2D eigenvalue weighted by atomic mass is 10.1. The predicted octanol–water partition coefficient (Wildman–Crippen LogP) is 4.98. The molecule has 4 rings (SSSR count). The summed E-state index contributed by atoms with van der Waals surface area (Å²) in [6.07, 6.45) is 6.50. The highest BCUT2D eigenvalue weighted by Gasteiger charge is 2.23. The molecule has 0 saturated carbocycles. The fourth-order valence-electron chi connectivity index (χ4n) is 3.80. The summed E-state index contributed by atoms with van der Waals surface area (Å²) in [4.78, 5) is 11.7. The number of imidazole rings is 1. The molecule has 0 bridgehead atoms. The van der Waals surface area contributed by atoms with Crippen molar-refractivity contribution in [3.8, 4) is 11.5 Å². The molecule has 3 N–H and O–H groups in total. The fourth-order valence-corrected chi connectivity index (χ4v) is 4.97. The van der Waals surface area contributed by atoms with Crippen molar-refractivity contribution in [3.05, 3.63) is 83.6 Å². The van der Waals surface area contributed by atoms with Crippen LogP contribution in [0.4, 0.5) is 11.1 Å². The van der Waals surface area contributed by atoms with Gasteiger partial charge in [-0.05, 0) is 66.6 Å². The highest BCUT2D eigenvalue weighted by molar-refractivity contribution is 7.81. The molecular formula is C26H29N7O2S3. The Labute approximate surface area is 236 Å². The highest BCUT2D eigenvalue weighted by Crippen LogP contribution is 2.20. The van der Waals surface area contributed by atoms with Crippen LogP contribution in [0.1, 0.15) is 11.1 Å². The van der Waals surface area contributed by atoms with E-state index in [0.717, 1.165) is 22.6 Å². The molecule has 0 fully saturated rings. The first kappa shape index (κ1) is 27.3. The molecule has 4 aromatic rings. The van der Waals surface area contributed by atoms with E-state index < -0.39 is 0 Å². The number of methoxy groups -OCH3 is 2. The number of aromatic nitrogens is 3. The van der Waals surface area contributed by atoms with Gasteiger partial charge in [0.05, 0.1) is 14.2 Å². The van der Waals surface area contributed by atoms with Gasteiger partial charge in [0.1, 0.15) is 11.5 Å². The number of rotatable bonds is 10. The van der Waals surface area contributed by atoms with E-state index in [2.05, 4.69) is 31.7 Å². The molecule has 0 saturated heterocycles. The van der Waals surface area contributed by atoms with E-state index in [-0.39, 0.29) is 0 Å². The third-order valence-electron chi connectivity index (χ3n) is 5.66. The first-order valence-corrected chi connectivity index (χ1v) is 13.6. The number of nitrogens with zero attached hydrogens (tertiary/aromatic N) is 4. The van der Waals surface area contributed by atoms with Gasteiger partial charge in [0.15, 0.2) is 15.4 Å². The lowest BCUT2D eigenvalue weighted by Crippen LogP contribution is -2.54. The average Bonchev–Trinajstić information content (AvgIpc) is 3.65. The SMILES string of the molecule is COc1cccc(CCN(C(=S)Nc2nccs2)N(CCc2ccccc2OC)C(=S)Nc2ncc[nH]2)c1. The van der Waals surface area contributed by atoms with Crippen LogP contribution in [0.25, 0.3) is 0 Å². The molecule has 0 aliphatic heterocycles. The second-order valence-electron chi connectivity index (χ2n) is 8.05. The van der Waals surface area contributed by atoms with Crippen molar-refractivity contribution in [2.45, 2.75) is 12.8 Å². The summed E-state index contributed by atoms with van der Waals surface area (Å²) in [7, 11) is 3.34. The molecule has 2 aromatic heterocycles. The Morgan fingerprint density at radius 2 is 1.71 bits per heavy atom. The lowest BCUT2D eigenvalue weighted by molar-refractivity contribution is 0.140. The van der Waals surface area contributed by atoms with Crippen LogP contribution in [0, 0.1) is 0 Å². The van der Waals surface area contributed by atoms with Crippen LogP contribution in [0.15, 0.2) is 72.5 Å². The normalized spacial score (nSPS) is 10.5. The third kappa shape index (κ3) is 7.40. The van der Waals surface area contributed by atoms with E-state index in [1.807, 2.05) is 57.9 Å². The standard InChI is InChI=1S/C26H29N7O2S3/c1-34-21-8-5-6-19(18-21)10-15-32(26(37)31-24-29-14-17-38-24)33(25(36)30-23-27-12-13-28-23)16-11-20-7-3-4-9-22(20)35-2/h3-9,12-14,17-18H,10-11,15-16H2,1-2H3,(H,29,31,37)(H2,27,28,30,36). The quantitative estimate of drug-likeness (QED) is 0.180. The maximum absolute atomic E-state index is 5.89. The number of hydrazine groups is 1. The Morgan fingerprint density at radius 1 is 0.921 bits per heavy atom. The fraction of sp³-hybridized carbons (Fsp3) is 0.231. The van der Waals surface area contributed by atoms with Gasteiger partial charge in [0, 0.05) is 37.1 Å². The van der Waals surface area contributed by atoms with Crippen LogP contribution < -0.4 is 20.1 Å². The smallest absolute Gasteiger partial charge is 0.206 e. The molecule has 198 valence electrons. The zero-order chi connectivity index (χ0) is 26.7. The van der Waals surface area contributed by atoms with Gasteiger partial charge >= 0.3 is 0 Å². The molecule has 0 aliphatic rings. The van der Waals surface area contributed by atoms with Crippen molar-refractivity contribution in [1.82, 2.24) is 25.0 Å². The summed E-state index contributed by atoms with van der Waals surface area (Å²) < 4.78 is 11.0. The molecule has 0 spiro atoms. The molecule has 0 radical (unpaired) electrons. The highest BCUT2D eigenvalue weighted by atomic mass is 32.1. The van der Waals surface area contributed by atoms with Crippen molar-refractivity contribution in [3.63, 3.8) is 0 Å². The van der Waals surface area contributed by atoms with Crippen molar-refractivity contribution in [2.75, 3.05) is 37.9 Å². The molecule has 2 heterocycles. The van der Waals surface area contributed by atoms with Gasteiger partial charge in [0.25, 0.3) is 0 Å². The van der Waals surface area contributed by atoms with E-state index in [9.17, 15) is 0 Å². The minimum atomic E-state index is 0.448. The molecule has 2 aromatic carbocycles. The number of benzene rings is 2. The van der Waals surface area contributed by atoms with Crippen molar-refractivity contribution >= 4 is 57.1 Å². The monoisotopic (exact) mass is 567 g/mol. The van der Waals surface area contributed by atoms with E-state index in [1.165, 1.54) is 11.3 Å². The molecule has 0 unspecified atom stereocenters. The zero-order valence-corrected chi connectivity index (χ0v) is 23.5. The summed E-state index contributed by atoms with van der Waals surface area (Å²) in [6, 6.07) is 15.9. The van der Waals surface area contributed by atoms with Gasteiger partial charge in [0.2, 0.25) is 5.95 Å². The van der Waals surface area contributed by atoms with Gasteiger partial charge in [-0.25, -0.2) is 9.97 Å². The lowest BCUT2D eigenvalue weighted by Gasteiger charge is -2.38. The van der Waals surface area contributed by atoms with E-state index in [0.29, 0.717) is 47.2 Å². The Kier molecular flexibility index (Phi) is 9.84. The van der Waals surface area contributed by atoms with Crippen LogP contribution in [-0.4, -0.2) is 62.5 Å². The predicted molar refractivity (Wildman–Crippen MR) is 160 cm³/mol. The number of anilines is 2. The third-order valence-corrected chi connectivity index (χ3v) is 6.98. The maximum atomic E-state index is 5.89. The summed E-state index contributed by atoms with van der Waals surface area (Å²) in [5.41, 5.74) is 2.17. The molecule has 38 heavy (non-hydrogen) atoms. The first-order valence-electron chi connectivity index (χ1n) is 11.9. The van der Waals surface area contributed by atoms with Gasteiger partial charge in [-0.1, -0.05) is 30.3 Å². The topological polar surface area (TPSA) is 90.6 Å². The number of nitrogens with one attached hydrogen (secondary N) is 3. The van der Waals surface area contributed by atoms with Gasteiger partial charge in [-0.2, -0.15) is 0 Å². The van der Waals surface area contributed by atoms with E-state index in [1.54, 1.807) is 32.8 Å². The van der Waals surface area contributed by atoms with Crippen molar-refractivity contribution in [2.24, 2.45) is 0 Å². The largest absolute Gasteiger partial charge is 0.497 e. The number of para-hydroxylation sites is 1. The van der Waals surface area contributed by atoms with Crippen LogP contribution >= 0.6 is 35.8 Å². The Balaban J connectivity index is 1.61. The average molecular weight is 568 g/mol. The van der Waals surface area contributed by atoms with E-state index >= 15 is 0 Å². The van der Waals surface area contributed by atoms with Crippen LogP contribution in [0.2, 0.25) is 0 Å². The molecule has 0 aliphatic carbocycles. The number of aromatic amines is 1. The molecule has 12 heteroatoms. The van der Waals surface area contributed by atoms with Gasteiger partial charge in [-0.3, -0.25) is 10.0 Å². The van der Waals surface area contributed by atoms with Crippen LogP contribution in [0.5, 0.6) is 11.5 Å². The summed E-state index contributed by atoms with van der Waals surface area (Å²) in [5, 5.41) is 13.9. The Bertz CT molecular complexity index is 1320. The first-order chi connectivity index (χ1) is 18.6. The minimum absolute atomic E-state index is 0.448. The van der Waals surface area contributed by atoms with Crippen molar-refractivity contribution < 1.29 is 9.47 Å². The van der Waals surface area contributed by atoms with E-state index in [4.69, 9.17) is 33.9 Å². The minimum Gasteiger partial charge on any atom is -0.497 e. The maximum Gasteiger partial charge on any atom is 0.206 e. The summed E-state index contributed by atoms with van der Waals surface area (Å²) in [5.74, 6) is 2.17. The molecular weight excluding hydrogens is 539 g/mol. The van der Waals surface area contributed by atoms with Gasteiger partial charge < -0.3 is 25.1 Å². The Hall–Kier alpha value is -3.74. The summed E-state index contributed by atoms with van der Waals surface area (Å²) >= 11 is 13.2. The zero-order valence-electron chi connectivity index (χ0n) is 21.1. The molecule has 0 amide bonds. The van der Waals surface area contributed by atoms with Crippen LogP contribution in [0.3, 0.4) is 0 Å². The van der Waals surface area contributed by atoms with Gasteiger partial charge in [-0.15, -0.1) is 11.3 Å². The number of thiazole rings is 1. The van der Waals surface area contributed by atoms with Crippen molar-refractivity contribution in [1.29, 1.82) is 0 Å². The Morgan fingerprint density at radius 3 is 2.42 bits per heavy atom. The number of hydrogen-bond acceptors (Lipinski definition) is 7. The summed E-state index contributed by atoms with van der Waals surface area (Å²) in [6.45, 7) is 1.08.